The summed E-state index contributed by atoms with van der Waals surface area (Å²) >= 11 is 3.46. The Kier molecular flexibility index (Phi) is 4.55. The van der Waals surface area contributed by atoms with E-state index in [4.69, 9.17) is 0 Å². The summed E-state index contributed by atoms with van der Waals surface area (Å²) in [5, 5.41) is 7.73. The van der Waals surface area contributed by atoms with Crippen LogP contribution in [0.4, 0.5) is 0 Å². The van der Waals surface area contributed by atoms with E-state index in [0.29, 0.717) is 0 Å². The van der Waals surface area contributed by atoms with E-state index in [0.717, 1.165) is 17.4 Å². The minimum atomic E-state index is 0.198. The van der Waals surface area contributed by atoms with Crippen LogP contribution in [0.25, 0.3) is 0 Å². The average Bonchev–Trinajstić information content (AvgIpc) is 2.82. The maximum atomic E-state index is 4.39. The molecule has 0 saturated heterocycles. The lowest BCUT2D eigenvalue weighted by Crippen LogP contribution is -2.17. The molecule has 0 amide bonds. The molecular formula is C14H18BrN3. The molecule has 18 heavy (non-hydrogen) atoms. The molecule has 3 nitrogen and oxygen atoms in total. The molecule has 0 aliphatic heterocycles. The molecule has 0 radical (unpaired) electrons. The number of nitrogens with zero attached hydrogens (tertiary/aromatic N) is 2. The number of hydrogen-bond donors (Lipinski definition) is 1. The van der Waals surface area contributed by atoms with Crippen LogP contribution in [0.2, 0.25) is 0 Å². The second kappa shape index (κ2) is 6.16. The summed E-state index contributed by atoms with van der Waals surface area (Å²) < 4.78 is 3.10. The van der Waals surface area contributed by atoms with Gasteiger partial charge >= 0.3 is 0 Å². The van der Waals surface area contributed by atoms with Gasteiger partial charge in [0.1, 0.15) is 0 Å². The zero-order valence-electron chi connectivity index (χ0n) is 10.7. The fraction of sp³-hybridized carbons (Fsp3) is 0.357. The molecule has 0 aliphatic carbocycles. The molecule has 0 spiro atoms. The van der Waals surface area contributed by atoms with Crippen LogP contribution in [-0.4, -0.2) is 16.8 Å². The van der Waals surface area contributed by atoms with Gasteiger partial charge in [-0.1, -0.05) is 35.0 Å². The second-order valence-electron chi connectivity index (χ2n) is 4.31. The molecule has 1 unspecified atom stereocenters. The Morgan fingerprint density at radius 1 is 1.28 bits per heavy atom. The van der Waals surface area contributed by atoms with Crippen LogP contribution in [0.1, 0.15) is 30.5 Å². The summed E-state index contributed by atoms with van der Waals surface area (Å²) in [5.41, 5.74) is 2.45. The molecule has 1 aromatic carbocycles. The van der Waals surface area contributed by atoms with E-state index in [1.54, 1.807) is 0 Å². The summed E-state index contributed by atoms with van der Waals surface area (Å²) in [6.45, 7) is 3.13. The first-order chi connectivity index (χ1) is 8.74. The number of aryl methyl sites for hydroxylation is 1. The van der Waals surface area contributed by atoms with Gasteiger partial charge in [-0.3, -0.25) is 4.68 Å². The number of aromatic nitrogens is 2. The quantitative estimate of drug-likeness (QED) is 0.918. The third-order valence-electron chi connectivity index (χ3n) is 2.93. The highest BCUT2D eigenvalue weighted by Crippen LogP contribution is 2.22. The van der Waals surface area contributed by atoms with Crippen molar-refractivity contribution in [1.29, 1.82) is 0 Å². The Labute approximate surface area is 116 Å². The number of hydrogen-bond acceptors (Lipinski definition) is 2. The maximum absolute atomic E-state index is 4.39. The highest BCUT2D eigenvalue weighted by molar-refractivity contribution is 9.10. The van der Waals surface area contributed by atoms with E-state index in [1.807, 2.05) is 17.9 Å². The Morgan fingerprint density at radius 2 is 2.00 bits per heavy atom. The van der Waals surface area contributed by atoms with Crippen LogP contribution >= 0.6 is 15.9 Å². The predicted molar refractivity (Wildman–Crippen MR) is 77.6 cm³/mol. The van der Waals surface area contributed by atoms with Crippen molar-refractivity contribution in [2.75, 3.05) is 7.05 Å². The van der Waals surface area contributed by atoms with Crippen LogP contribution in [0.3, 0.4) is 0 Å². The average molecular weight is 308 g/mol. The van der Waals surface area contributed by atoms with Crippen LogP contribution < -0.4 is 5.32 Å². The van der Waals surface area contributed by atoms with Gasteiger partial charge in [0.15, 0.2) is 0 Å². The molecule has 0 fully saturated rings. The minimum Gasteiger partial charge on any atom is -0.309 e. The molecule has 0 bridgehead atoms. The third kappa shape index (κ3) is 3.00. The zero-order chi connectivity index (χ0) is 13.0. The summed E-state index contributed by atoms with van der Waals surface area (Å²) in [6, 6.07) is 8.58. The summed E-state index contributed by atoms with van der Waals surface area (Å²) in [4.78, 5) is 0. The van der Waals surface area contributed by atoms with Crippen molar-refractivity contribution in [2.24, 2.45) is 0 Å². The van der Waals surface area contributed by atoms with Gasteiger partial charge in [-0.2, -0.15) is 5.10 Å². The molecule has 2 aromatic rings. The Hall–Kier alpha value is -1.13. The molecule has 0 aliphatic rings. The van der Waals surface area contributed by atoms with Crippen LogP contribution in [0.5, 0.6) is 0 Å². The van der Waals surface area contributed by atoms with E-state index < -0.39 is 0 Å². The largest absolute Gasteiger partial charge is 0.309 e. The molecular weight excluding hydrogens is 290 g/mol. The van der Waals surface area contributed by atoms with Gasteiger partial charge in [-0.15, -0.1) is 0 Å². The van der Waals surface area contributed by atoms with Gasteiger partial charge in [0.05, 0.1) is 12.2 Å². The van der Waals surface area contributed by atoms with Crippen LogP contribution in [-0.2, 0) is 6.54 Å². The number of rotatable bonds is 5. The Morgan fingerprint density at radius 3 is 2.61 bits per heavy atom. The van der Waals surface area contributed by atoms with Crippen LogP contribution in [0, 0.1) is 0 Å². The lowest BCUT2D eigenvalue weighted by atomic mass is 10.0. The van der Waals surface area contributed by atoms with E-state index in [-0.39, 0.29) is 6.04 Å². The van der Waals surface area contributed by atoms with Crippen molar-refractivity contribution in [3.8, 4) is 0 Å². The van der Waals surface area contributed by atoms with Gasteiger partial charge in [0.2, 0.25) is 0 Å². The molecule has 2 rings (SSSR count). The molecule has 1 N–H and O–H groups in total. The van der Waals surface area contributed by atoms with Gasteiger partial charge in [-0.05, 0) is 31.2 Å². The first kappa shape index (κ1) is 13.3. The van der Waals surface area contributed by atoms with Gasteiger partial charge in [-0.25, -0.2) is 0 Å². The van der Waals surface area contributed by atoms with Crippen LogP contribution in [0.15, 0.2) is 41.1 Å². The SMILES string of the molecule is CCCn1cc(C(NC)c2ccc(Br)cc2)cn1. The van der Waals surface area contributed by atoms with Gasteiger partial charge < -0.3 is 5.32 Å². The lowest BCUT2D eigenvalue weighted by Gasteiger charge is -2.14. The lowest BCUT2D eigenvalue weighted by molar-refractivity contribution is 0.600. The van der Waals surface area contributed by atoms with E-state index in [2.05, 4.69) is 63.7 Å². The maximum Gasteiger partial charge on any atom is 0.0605 e. The van der Waals surface area contributed by atoms with Crippen molar-refractivity contribution >= 4 is 15.9 Å². The predicted octanol–water partition coefficient (Wildman–Crippen LogP) is 3.36. The minimum absolute atomic E-state index is 0.198. The van der Waals surface area contributed by atoms with Crippen molar-refractivity contribution < 1.29 is 0 Å². The monoisotopic (exact) mass is 307 g/mol. The van der Waals surface area contributed by atoms with Gasteiger partial charge in [0, 0.05) is 22.8 Å². The molecule has 1 heterocycles. The number of nitrogens with one attached hydrogen (secondary N) is 1. The van der Waals surface area contributed by atoms with Crippen molar-refractivity contribution in [2.45, 2.75) is 25.9 Å². The number of halogens is 1. The highest BCUT2D eigenvalue weighted by Gasteiger charge is 2.13. The first-order valence-electron chi connectivity index (χ1n) is 6.19. The Balaban J connectivity index is 2.24. The van der Waals surface area contributed by atoms with E-state index in [9.17, 15) is 0 Å². The zero-order valence-corrected chi connectivity index (χ0v) is 12.3. The fourth-order valence-electron chi connectivity index (χ4n) is 2.06. The standard InChI is InChI=1S/C14H18BrN3/c1-3-8-18-10-12(9-17-18)14(16-2)11-4-6-13(15)7-5-11/h4-7,9-10,14,16H,3,8H2,1-2H3. The van der Waals surface area contributed by atoms with Crippen molar-refractivity contribution in [3.63, 3.8) is 0 Å². The molecule has 0 saturated carbocycles. The van der Waals surface area contributed by atoms with E-state index in [1.165, 1.54) is 11.1 Å². The molecule has 4 heteroatoms. The number of benzene rings is 1. The first-order valence-corrected chi connectivity index (χ1v) is 6.99. The summed E-state index contributed by atoms with van der Waals surface area (Å²) in [6.07, 6.45) is 5.16. The topological polar surface area (TPSA) is 29.9 Å². The van der Waals surface area contributed by atoms with E-state index >= 15 is 0 Å². The third-order valence-corrected chi connectivity index (χ3v) is 3.46. The van der Waals surface area contributed by atoms with Gasteiger partial charge in [0.25, 0.3) is 0 Å². The molecule has 1 aromatic heterocycles. The smallest absolute Gasteiger partial charge is 0.0605 e. The fourth-order valence-corrected chi connectivity index (χ4v) is 2.33. The molecule has 96 valence electrons. The highest BCUT2D eigenvalue weighted by atomic mass is 79.9. The second-order valence-corrected chi connectivity index (χ2v) is 5.23. The molecule has 1 atom stereocenters. The van der Waals surface area contributed by atoms with Crippen molar-refractivity contribution in [3.05, 3.63) is 52.3 Å². The normalized spacial score (nSPS) is 12.6. The van der Waals surface area contributed by atoms with Crippen molar-refractivity contribution in [1.82, 2.24) is 15.1 Å². The Bertz CT molecular complexity index is 490. The summed E-state index contributed by atoms with van der Waals surface area (Å²) in [7, 11) is 1.98. The summed E-state index contributed by atoms with van der Waals surface area (Å²) in [5.74, 6) is 0.